The molecule has 0 N–H and O–H groups in total. The molecule has 1 heterocycles. The molecule has 1 saturated heterocycles. The summed E-state index contributed by atoms with van der Waals surface area (Å²) in [5.41, 5.74) is 0.920. The van der Waals surface area contributed by atoms with Crippen molar-refractivity contribution in [2.45, 2.75) is 31.7 Å². The molecule has 3 atom stereocenters. The van der Waals surface area contributed by atoms with Crippen LogP contribution in [-0.2, 0) is 14.2 Å². The van der Waals surface area contributed by atoms with Crippen molar-refractivity contribution in [1.82, 2.24) is 0 Å². The maximum atomic E-state index is 12.3. The third kappa shape index (κ3) is 4.45. The fourth-order valence-electron chi connectivity index (χ4n) is 2.71. The van der Waals surface area contributed by atoms with Gasteiger partial charge in [0, 0.05) is 6.42 Å². The lowest BCUT2D eigenvalue weighted by molar-refractivity contribution is -0.124. The Kier molecular flexibility index (Phi) is 5.46. The molecule has 25 heavy (non-hydrogen) atoms. The predicted octanol–water partition coefficient (Wildman–Crippen LogP) is 3.25. The van der Waals surface area contributed by atoms with Crippen molar-refractivity contribution >= 4 is 11.9 Å². The molecule has 1 aliphatic rings. The highest BCUT2D eigenvalue weighted by molar-refractivity contribution is 5.90. The maximum Gasteiger partial charge on any atom is 0.338 e. The topological polar surface area (TPSA) is 61.8 Å². The van der Waals surface area contributed by atoms with E-state index in [2.05, 4.69) is 0 Å². The van der Waals surface area contributed by atoms with Crippen molar-refractivity contribution in [3.63, 3.8) is 0 Å². The van der Waals surface area contributed by atoms with Crippen LogP contribution in [0.4, 0.5) is 0 Å². The highest BCUT2D eigenvalue weighted by atomic mass is 16.6. The van der Waals surface area contributed by atoms with Gasteiger partial charge in [-0.1, -0.05) is 36.4 Å². The van der Waals surface area contributed by atoms with E-state index in [1.165, 1.54) is 0 Å². The molecule has 0 aliphatic carbocycles. The molecule has 0 bridgehead atoms. The summed E-state index contributed by atoms with van der Waals surface area (Å²) in [5.74, 6) is -0.884. The minimum Gasteiger partial charge on any atom is -0.455 e. The lowest BCUT2D eigenvalue weighted by Crippen LogP contribution is -2.45. The first-order valence-corrected chi connectivity index (χ1v) is 8.27. The summed E-state index contributed by atoms with van der Waals surface area (Å²) < 4.78 is 16.7. The highest BCUT2D eigenvalue weighted by Crippen LogP contribution is 2.22. The Bertz CT molecular complexity index is 713. The highest BCUT2D eigenvalue weighted by Gasteiger charge is 2.35. The summed E-state index contributed by atoms with van der Waals surface area (Å²) in [4.78, 5) is 24.6. The lowest BCUT2D eigenvalue weighted by Gasteiger charge is -2.33. The number of benzene rings is 2. The van der Waals surface area contributed by atoms with Gasteiger partial charge in [0.2, 0.25) is 0 Å². The molecule has 2 aromatic carbocycles. The van der Waals surface area contributed by atoms with Crippen molar-refractivity contribution in [2.24, 2.45) is 0 Å². The summed E-state index contributed by atoms with van der Waals surface area (Å²) in [6.07, 6.45) is -0.758. The van der Waals surface area contributed by atoms with Gasteiger partial charge in [0.25, 0.3) is 0 Å². The number of carbonyl (C=O) groups is 2. The van der Waals surface area contributed by atoms with E-state index < -0.39 is 24.1 Å². The zero-order chi connectivity index (χ0) is 17.6. The van der Waals surface area contributed by atoms with Gasteiger partial charge in [-0.3, -0.25) is 0 Å². The van der Waals surface area contributed by atoms with Crippen LogP contribution < -0.4 is 0 Å². The molecule has 1 fully saturated rings. The second kappa shape index (κ2) is 7.94. The molecule has 130 valence electrons. The fraction of sp³-hybridized carbons (Fsp3) is 0.300. The van der Waals surface area contributed by atoms with E-state index in [0.29, 0.717) is 17.5 Å². The van der Waals surface area contributed by atoms with Crippen LogP contribution in [-0.4, -0.2) is 36.9 Å². The smallest absolute Gasteiger partial charge is 0.338 e. The van der Waals surface area contributed by atoms with Gasteiger partial charge in [0.05, 0.1) is 23.8 Å². The summed E-state index contributed by atoms with van der Waals surface area (Å²) in [7, 11) is 0. The first-order valence-electron chi connectivity index (χ1n) is 8.27. The van der Waals surface area contributed by atoms with Gasteiger partial charge in [-0.25, -0.2) is 9.59 Å². The van der Waals surface area contributed by atoms with Crippen molar-refractivity contribution in [1.29, 1.82) is 0 Å². The van der Waals surface area contributed by atoms with Crippen LogP contribution in [0.2, 0.25) is 0 Å². The van der Waals surface area contributed by atoms with Crippen LogP contribution >= 0.6 is 0 Å². The van der Waals surface area contributed by atoms with Crippen LogP contribution in [0.15, 0.2) is 60.7 Å². The molecule has 0 aromatic heterocycles. The maximum absolute atomic E-state index is 12.3. The zero-order valence-electron chi connectivity index (χ0n) is 14.0. The molecule has 0 spiro atoms. The molecule has 0 amide bonds. The number of carbonyl (C=O) groups excluding carboxylic acids is 2. The van der Waals surface area contributed by atoms with Crippen LogP contribution in [0.25, 0.3) is 0 Å². The van der Waals surface area contributed by atoms with Gasteiger partial charge < -0.3 is 14.2 Å². The van der Waals surface area contributed by atoms with E-state index >= 15 is 0 Å². The Morgan fingerprint density at radius 1 is 0.840 bits per heavy atom. The Hall–Kier alpha value is -2.66. The van der Waals surface area contributed by atoms with Crippen molar-refractivity contribution in [2.75, 3.05) is 6.61 Å². The van der Waals surface area contributed by atoms with Crippen LogP contribution in [0.3, 0.4) is 0 Å². The standard InChI is InChI=1S/C20H20O5/c1-14-12-17(24-19(21)15-8-4-2-5-9-15)18(13-23-14)25-20(22)16-10-6-3-7-11-16/h2-11,14,17-18H,12-13H2,1H3/t14-,17-,18-/m1/s1. The Labute approximate surface area is 146 Å². The van der Waals surface area contributed by atoms with Gasteiger partial charge in [-0.05, 0) is 31.2 Å². The minimum atomic E-state index is -0.628. The molecule has 0 saturated carbocycles. The van der Waals surface area contributed by atoms with Gasteiger partial charge in [-0.2, -0.15) is 0 Å². The number of esters is 2. The summed E-state index contributed by atoms with van der Waals surface area (Å²) in [6.45, 7) is 2.10. The quantitative estimate of drug-likeness (QED) is 0.800. The van der Waals surface area contributed by atoms with Crippen LogP contribution in [0.1, 0.15) is 34.1 Å². The molecule has 2 aromatic rings. The SMILES string of the molecule is C[C@@H]1C[C@@H](OC(=O)c2ccccc2)[C@H](OC(=O)c2ccccc2)CO1. The molecule has 1 aliphatic heterocycles. The molecule has 0 radical (unpaired) electrons. The third-order valence-corrected chi connectivity index (χ3v) is 4.06. The van der Waals surface area contributed by atoms with Crippen LogP contribution in [0, 0.1) is 0 Å². The monoisotopic (exact) mass is 340 g/mol. The van der Waals surface area contributed by atoms with Crippen LogP contribution in [0.5, 0.6) is 0 Å². The fourth-order valence-corrected chi connectivity index (χ4v) is 2.71. The van der Waals surface area contributed by atoms with Crippen molar-refractivity contribution in [3.05, 3.63) is 71.8 Å². The van der Waals surface area contributed by atoms with E-state index in [-0.39, 0.29) is 12.7 Å². The van der Waals surface area contributed by atoms with E-state index in [0.717, 1.165) is 0 Å². The number of hydrogen-bond donors (Lipinski definition) is 0. The number of rotatable bonds is 4. The molecule has 5 nitrogen and oxygen atoms in total. The normalized spacial score (nSPS) is 22.8. The van der Waals surface area contributed by atoms with Gasteiger partial charge >= 0.3 is 11.9 Å². The Balaban J connectivity index is 1.68. The van der Waals surface area contributed by atoms with E-state index in [1.54, 1.807) is 48.5 Å². The largest absolute Gasteiger partial charge is 0.455 e. The van der Waals surface area contributed by atoms with Crippen molar-refractivity contribution < 1.29 is 23.8 Å². The molecule has 5 heteroatoms. The molecule has 0 unspecified atom stereocenters. The number of hydrogen-bond acceptors (Lipinski definition) is 5. The lowest BCUT2D eigenvalue weighted by atomic mass is 10.0. The Morgan fingerprint density at radius 3 is 1.84 bits per heavy atom. The Morgan fingerprint density at radius 2 is 1.32 bits per heavy atom. The van der Waals surface area contributed by atoms with Crippen molar-refractivity contribution in [3.8, 4) is 0 Å². The minimum absolute atomic E-state index is 0.0692. The zero-order valence-corrected chi connectivity index (χ0v) is 14.0. The van der Waals surface area contributed by atoms with Gasteiger partial charge in [0.1, 0.15) is 6.10 Å². The summed E-state index contributed by atoms with van der Waals surface area (Å²) >= 11 is 0. The predicted molar refractivity (Wildman–Crippen MR) is 91.3 cm³/mol. The van der Waals surface area contributed by atoms with E-state index in [9.17, 15) is 9.59 Å². The molecule has 3 rings (SSSR count). The van der Waals surface area contributed by atoms with E-state index in [1.807, 2.05) is 19.1 Å². The number of ether oxygens (including phenoxy) is 3. The first kappa shape index (κ1) is 17.2. The molecular weight excluding hydrogens is 320 g/mol. The van der Waals surface area contributed by atoms with Gasteiger partial charge in [-0.15, -0.1) is 0 Å². The average molecular weight is 340 g/mol. The second-order valence-electron chi connectivity index (χ2n) is 6.00. The van der Waals surface area contributed by atoms with E-state index in [4.69, 9.17) is 14.2 Å². The second-order valence-corrected chi connectivity index (χ2v) is 6.00. The summed E-state index contributed by atoms with van der Waals surface area (Å²) in [6, 6.07) is 17.5. The summed E-state index contributed by atoms with van der Waals surface area (Å²) in [5, 5.41) is 0. The first-order chi connectivity index (χ1) is 12.1. The molecular formula is C20H20O5. The van der Waals surface area contributed by atoms with Gasteiger partial charge in [0.15, 0.2) is 6.10 Å². The third-order valence-electron chi connectivity index (χ3n) is 4.06. The average Bonchev–Trinajstić information content (AvgIpc) is 2.65.